The molecule has 1 aliphatic rings. The molecule has 1 heterocycles. The second-order valence-electron chi connectivity index (χ2n) is 5.80. The number of nitrogens with zero attached hydrogens (tertiary/aromatic N) is 3. The quantitative estimate of drug-likeness (QED) is 0.874. The summed E-state index contributed by atoms with van der Waals surface area (Å²) in [4.78, 5) is 4.27. The first-order chi connectivity index (χ1) is 8.03. The third-order valence-electron chi connectivity index (χ3n) is 4.06. The number of hydrogen-bond acceptors (Lipinski definition) is 3. The SMILES string of the molecule is CC(C)n1ncnc1CC(O)C1(C)CCCC1. The fraction of sp³-hybridized carbons (Fsp3) is 0.846. The molecule has 96 valence electrons. The maximum atomic E-state index is 10.4. The Bertz CT molecular complexity index is 366. The molecule has 4 nitrogen and oxygen atoms in total. The summed E-state index contributed by atoms with van der Waals surface area (Å²) in [6.45, 7) is 6.37. The van der Waals surface area contributed by atoms with Crippen molar-refractivity contribution < 1.29 is 5.11 Å². The summed E-state index contributed by atoms with van der Waals surface area (Å²) in [5, 5.41) is 14.6. The number of aromatic nitrogens is 3. The fourth-order valence-electron chi connectivity index (χ4n) is 2.79. The molecule has 1 fully saturated rings. The van der Waals surface area contributed by atoms with Gasteiger partial charge in [-0.25, -0.2) is 9.67 Å². The highest BCUT2D eigenvalue weighted by molar-refractivity contribution is 4.96. The minimum absolute atomic E-state index is 0.0771. The van der Waals surface area contributed by atoms with Crippen LogP contribution in [0.15, 0.2) is 6.33 Å². The molecule has 17 heavy (non-hydrogen) atoms. The van der Waals surface area contributed by atoms with Crippen molar-refractivity contribution in [3.8, 4) is 0 Å². The summed E-state index contributed by atoms with van der Waals surface area (Å²) in [7, 11) is 0. The summed E-state index contributed by atoms with van der Waals surface area (Å²) in [5.74, 6) is 0.903. The van der Waals surface area contributed by atoms with Crippen LogP contribution in [-0.4, -0.2) is 26.0 Å². The van der Waals surface area contributed by atoms with Crippen molar-refractivity contribution in [2.45, 2.75) is 65.0 Å². The van der Waals surface area contributed by atoms with Gasteiger partial charge < -0.3 is 5.11 Å². The highest BCUT2D eigenvalue weighted by Crippen LogP contribution is 2.41. The highest BCUT2D eigenvalue weighted by Gasteiger charge is 2.36. The highest BCUT2D eigenvalue weighted by atomic mass is 16.3. The third kappa shape index (κ3) is 2.51. The molecule has 0 amide bonds. The monoisotopic (exact) mass is 237 g/mol. The van der Waals surface area contributed by atoms with Gasteiger partial charge in [0.1, 0.15) is 12.2 Å². The summed E-state index contributed by atoms with van der Waals surface area (Å²) in [6, 6.07) is 0.302. The molecule has 0 bridgehead atoms. The molecule has 1 atom stereocenters. The van der Waals surface area contributed by atoms with E-state index in [1.165, 1.54) is 12.8 Å². The van der Waals surface area contributed by atoms with E-state index in [1.54, 1.807) is 6.33 Å². The molecule has 1 aromatic heterocycles. The van der Waals surface area contributed by atoms with E-state index >= 15 is 0 Å². The normalized spacial score (nSPS) is 21.0. The number of aliphatic hydroxyl groups is 1. The van der Waals surface area contributed by atoms with Gasteiger partial charge in [-0.3, -0.25) is 0 Å². The maximum Gasteiger partial charge on any atom is 0.138 e. The van der Waals surface area contributed by atoms with Crippen LogP contribution in [0.4, 0.5) is 0 Å². The first kappa shape index (κ1) is 12.6. The zero-order valence-corrected chi connectivity index (χ0v) is 11.1. The average Bonchev–Trinajstić information content (AvgIpc) is 2.87. The Balaban J connectivity index is 2.07. The molecular formula is C13H23N3O. The molecule has 2 rings (SSSR count). The lowest BCUT2D eigenvalue weighted by Gasteiger charge is -2.29. The minimum Gasteiger partial charge on any atom is -0.392 e. The van der Waals surface area contributed by atoms with E-state index in [2.05, 4.69) is 30.9 Å². The van der Waals surface area contributed by atoms with Crippen LogP contribution in [0.25, 0.3) is 0 Å². The Labute approximate surface area is 103 Å². The van der Waals surface area contributed by atoms with E-state index in [9.17, 15) is 5.11 Å². The number of aliphatic hydroxyl groups excluding tert-OH is 1. The predicted molar refractivity (Wildman–Crippen MR) is 66.7 cm³/mol. The van der Waals surface area contributed by atoms with Crippen molar-refractivity contribution in [1.29, 1.82) is 0 Å². The minimum atomic E-state index is -0.299. The van der Waals surface area contributed by atoms with Gasteiger partial charge in [-0.05, 0) is 32.1 Å². The molecule has 1 aromatic rings. The summed E-state index contributed by atoms with van der Waals surface area (Å²) >= 11 is 0. The molecule has 0 aliphatic heterocycles. The molecule has 0 spiro atoms. The van der Waals surface area contributed by atoms with Crippen molar-refractivity contribution >= 4 is 0 Å². The molecular weight excluding hydrogens is 214 g/mol. The maximum absolute atomic E-state index is 10.4. The Hall–Kier alpha value is -0.900. The van der Waals surface area contributed by atoms with Gasteiger partial charge in [-0.2, -0.15) is 5.10 Å². The number of hydrogen-bond donors (Lipinski definition) is 1. The van der Waals surface area contributed by atoms with E-state index in [0.717, 1.165) is 18.7 Å². The molecule has 1 aliphatic carbocycles. The lowest BCUT2D eigenvalue weighted by molar-refractivity contribution is 0.0397. The van der Waals surface area contributed by atoms with Crippen LogP contribution in [0.3, 0.4) is 0 Å². The van der Waals surface area contributed by atoms with E-state index in [1.807, 2.05) is 4.68 Å². The van der Waals surface area contributed by atoms with Gasteiger partial charge in [0.25, 0.3) is 0 Å². The van der Waals surface area contributed by atoms with Gasteiger partial charge in [0.2, 0.25) is 0 Å². The Morgan fingerprint density at radius 2 is 2.06 bits per heavy atom. The molecule has 1 unspecified atom stereocenters. The van der Waals surface area contributed by atoms with Crippen LogP contribution < -0.4 is 0 Å². The van der Waals surface area contributed by atoms with Crippen LogP contribution in [-0.2, 0) is 6.42 Å². The Kier molecular flexibility index (Phi) is 3.52. The fourth-order valence-corrected chi connectivity index (χ4v) is 2.79. The summed E-state index contributed by atoms with van der Waals surface area (Å²) in [6.07, 6.45) is 6.64. The first-order valence-electron chi connectivity index (χ1n) is 6.59. The van der Waals surface area contributed by atoms with Crippen molar-refractivity contribution in [1.82, 2.24) is 14.8 Å². The van der Waals surface area contributed by atoms with Crippen LogP contribution in [0.1, 0.15) is 58.3 Å². The van der Waals surface area contributed by atoms with E-state index in [0.29, 0.717) is 12.5 Å². The van der Waals surface area contributed by atoms with Crippen molar-refractivity contribution in [2.24, 2.45) is 5.41 Å². The first-order valence-corrected chi connectivity index (χ1v) is 6.59. The van der Waals surface area contributed by atoms with E-state index < -0.39 is 0 Å². The van der Waals surface area contributed by atoms with Gasteiger partial charge in [0.15, 0.2) is 0 Å². The second kappa shape index (κ2) is 4.77. The van der Waals surface area contributed by atoms with Crippen molar-refractivity contribution in [2.75, 3.05) is 0 Å². The van der Waals surface area contributed by atoms with E-state index in [4.69, 9.17) is 0 Å². The van der Waals surface area contributed by atoms with Gasteiger partial charge in [-0.15, -0.1) is 0 Å². The molecule has 1 saturated carbocycles. The predicted octanol–water partition coefficient (Wildman–Crippen LogP) is 2.34. The summed E-state index contributed by atoms with van der Waals surface area (Å²) < 4.78 is 1.90. The van der Waals surface area contributed by atoms with Crippen LogP contribution in [0.5, 0.6) is 0 Å². The van der Waals surface area contributed by atoms with Crippen LogP contribution >= 0.6 is 0 Å². The Morgan fingerprint density at radius 1 is 1.41 bits per heavy atom. The zero-order chi connectivity index (χ0) is 12.5. The van der Waals surface area contributed by atoms with Crippen LogP contribution in [0, 0.1) is 5.41 Å². The summed E-state index contributed by atoms with van der Waals surface area (Å²) in [5.41, 5.74) is 0.0771. The number of rotatable bonds is 4. The van der Waals surface area contributed by atoms with Crippen molar-refractivity contribution in [3.63, 3.8) is 0 Å². The largest absolute Gasteiger partial charge is 0.392 e. The smallest absolute Gasteiger partial charge is 0.138 e. The lowest BCUT2D eigenvalue weighted by atomic mass is 9.81. The van der Waals surface area contributed by atoms with Gasteiger partial charge >= 0.3 is 0 Å². The average molecular weight is 237 g/mol. The lowest BCUT2D eigenvalue weighted by Crippen LogP contribution is -2.32. The molecule has 0 aromatic carbocycles. The zero-order valence-electron chi connectivity index (χ0n) is 11.1. The van der Waals surface area contributed by atoms with Crippen LogP contribution in [0.2, 0.25) is 0 Å². The molecule has 4 heteroatoms. The molecule has 1 N–H and O–H groups in total. The topological polar surface area (TPSA) is 50.9 Å². The molecule has 0 saturated heterocycles. The van der Waals surface area contributed by atoms with Gasteiger partial charge in [-0.1, -0.05) is 19.8 Å². The Morgan fingerprint density at radius 3 is 2.65 bits per heavy atom. The van der Waals surface area contributed by atoms with Gasteiger partial charge in [0, 0.05) is 12.5 Å². The standard InChI is InChI=1S/C13H23N3O/c1-10(2)16-12(14-9-15-16)8-11(17)13(3)6-4-5-7-13/h9-11,17H,4-8H2,1-3H3. The van der Waals surface area contributed by atoms with Gasteiger partial charge in [0.05, 0.1) is 6.10 Å². The second-order valence-corrected chi connectivity index (χ2v) is 5.80. The third-order valence-corrected chi connectivity index (χ3v) is 4.06. The van der Waals surface area contributed by atoms with E-state index in [-0.39, 0.29) is 11.5 Å². The molecule has 0 radical (unpaired) electrons. The van der Waals surface area contributed by atoms with Crippen molar-refractivity contribution in [3.05, 3.63) is 12.2 Å².